The maximum absolute atomic E-state index is 9.11. The molecule has 0 bridgehead atoms. The molecule has 0 aliphatic rings. The van der Waals surface area contributed by atoms with Gasteiger partial charge in [0.1, 0.15) is 5.60 Å². The van der Waals surface area contributed by atoms with Crippen molar-refractivity contribution in [2.24, 2.45) is 0 Å². The maximum atomic E-state index is 9.11. The van der Waals surface area contributed by atoms with Crippen LogP contribution in [0.1, 0.15) is 27.2 Å². The number of hydrogen-bond acceptors (Lipinski definition) is 2. The molecule has 64 valence electrons. The summed E-state index contributed by atoms with van der Waals surface area (Å²) >= 11 is 0. The van der Waals surface area contributed by atoms with Gasteiger partial charge in [0.25, 0.3) is 5.95 Å². The first-order valence-corrected chi connectivity index (χ1v) is 3.65. The molecule has 2 nitrogen and oxygen atoms in total. The minimum atomic E-state index is -0.332. The molecule has 0 aromatic rings. The van der Waals surface area contributed by atoms with Crippen molar-refractivity contribution >= 4 is 0 Å². The lowest BCUT2D eigenvalue weighted by Gasteiger charge is -2.19. The monoisotopic (exact) mass is 156 g/mol. The Morgan fingerprint density at radius 1 is 1.55 bits per heavy atom. The molecule has 0 spiro atoms. The lowest BCUT2D eigenvalue weighted by molar-refractivity contribution is -0.0150. The van der Waals surface area contributed by atoms with Gasteiger partial charge in [0.15, 0.2) is 0 Å². The molecule has 0 fully saturated rings. The van der Waals surface area contributed by atoms with E-state index >= 15 is 0 Å². The van der Waals surface area contributed by atoms with E-state index < -0.39 is 0 Å². The first-order valence-electron chi connectivity index (χ1n) is 3.65. The molecule has 0 saturated carbocycles. The van der Waals surface area contributed by atoms with Gasteiger partial charge in [-0.1, -0.05) is 6.08 Å². The minimum absolute atomic E-state index is 0.0302. The fourth-order valence-corrected chi connectivity index (χ4v) is 0.540. The predicted octanol–water partition coefficient (Wildman–Crippen LogP) is 2.78. The summed E-state index contributed by atoms with van der Waals surface area (Å²) in [4.78, 5) is 0. The van der Waals surface area contributed by atoms with E-state index in [-0.39, 0.29) is 11.5 Å². The highest BCUT2D eigenvalue weighted by Gasteiger charge is 2.11. The van der Waals surface area contributed by atoms with E-state index in [2.05, 4.69) is 6.58 Å². The fourth-order valence-electron chi connectivity index (χ4n) is 0.540. The molecule has 0 aromatic carbocycles. The highest BCUT2D eigenvalue weighted by Crippen LogP contribution is 2.11. The second kappa shape index (κ2) is 4.06. The van der Waals surface area contributed by atoms with Crippen molar-refractivity contribution in [3.63, 3.8) is 0 Å². The molecule has 0 amide bonds. The van der Waals surface area contributed by atoms with Crippen molar-refractivity contribution in [3.8, 4) is 0 Å². The van der Waals surface area contributed by atoms with Crippen LogP contribution in [0.3, 0.4) is 0 Å². The molecule has 0 unspecified atom stereocenters. The smallest absolute Gasteiger partial charge is 0.273 e. The second-order valence-electron chi connectivity index (χ2n) is 3.28. The summed E-state index contributed by atoms with van der Waals surface area (Å²) in [5, 5.41) is 9.11. The average Bonchev–Trinajstić information content (AvgIpc) is 1.79. The number of hydrogen-bond donors (Lipinski definition) is 1. The van der Waals surface area contributed by atoms with E-state index in [9.17, 15) is 0 Å². The summed E-state index contributed by atoms with van der Waals surface area (Å²) in [5.41, 5.74) is -0.332. The van der Waals surface area contributed by atoms with E-state index in [0.717, 1.165) is 0 Å². The van der Waals surface area contributed by atoms with E-state index in [1.54, 1.807) is 12.2 Å². The Morgan fingerprint density at radius 2 is 2.09 bits per heavy atom. The molecule has 0 aromatic heterocycles. The Labute approximate surface area is 68.2 Å². The predicted molar refractivity (Wildman–Crippen MR) is 46.4 cm³/mol. The van der Waals surface area contributed by atoms with Gasteiger partial charge in [-0.15, -0.1) is 6.58 Å². The lowest BCUT2D eigenvalue weighted by Crippen LogP contribution is -2.18. The molecule has 0 aliphatic carbocycles. The maximum Gasteiger partial charge on any atom is 0.273 e. The van der Waals surface area contributed by atoms with E-state index in [0.29, 0.717) is 6.42 Å². The van der Waals surface area contributed by atoms with Crippen LogP contribution < -0.4 is 0 Å². The molecule has 11 heavy (non-hydrogen) atoms. The molecule has 0 radical (unpaired) electrons. The third-order valence-electron chi connectivity index (χ3n) is 0.870. The Morgan fingerprint density at radius 3 is 2.45 bits per heavy atom. The van der Waals surface area contributed by atoms with Crippen molar-refractivity contribution in [1.82, 2.24) is 0 Å². The van der Waals surface area contributed by atoms with Gasteiger partial charge in [0, 0.05) is 0 Å². The minimum Gasteiger partial charge on any atom is -0.481 e. The number of allylic oxidation sites excluding steroid dienone is 2. The van der Waals surface area contributed by atoms with Crippen molar-refractivity contribution < 1.29 is 9.84 Å². The summed E-state index contributed by atoms with van der Waals surface area (Å²) in [5.74, 6) is -0.0302. The number of ether oxygens (including phenoxy) is 1. The van der Waals surface area contributed by atoms with Crippen LogP contribution in [0.15, 0.2) is 24.7 Å². The largest absolute Gasteiger partial charge is 0.481 e. The quantitative estimate of drug-likeness (QED) is 0.503. The van der Waals surface area contributed by atoms with Gasteiger partial charge in [-0.3, -0.25) is 0 Å². The van der Waals surface area contributed by atoms with Gasteiger partial charge in [-0.2, -0.15) is 0 Å². The Bertz CT molecular complexity index is 151. The summed E-state index contributed by atoms with van der Waals surface area (Å²) in [6.07, 6.45) is 3.91. The molecule has 0 rings (SSSR count). The summed E-state index contributed by atoms with van der Waals surface area (Å²) < 4.78 is 5.11. The second-order valence-corrected chi connectivity index (χ2v) is 3.28. The average molecular weight is 156 g/mol. The van der Waals surface area contributed by atoms with Crippen molar-refractivity contribution in [1.29, 1.82) is 0 Å². The normalized spacial score (nSPS) is 12.8. The molecule has 0 atom stereocenters. The van der Waals surface area contributed by atoms with Gasteiger partial charge in [-0.25, -0.2) is 0 Å². The third-order valence-corrected chi connectivity index (χ3v) is 0.870. The van der Waals surface area contributed by atoms with Gasteiger partial charge in [0.2, 0.25) is 0 Å². The Balaban J connectivity index is 3.85. The van der Waals surface area contributed by atoms with Crippen molar-refractivity contribution in [2.75, 3.05) is 0 Å². The van der Waals surface area contributed by atoms with Crippen LogP contribution in [-0.2, 0) is 4.74 Å². The van der Waals surface area contributed by atoms with Crippen molar-refractivity contribution in [3.05, 3.63) is 24.7 Å². The molecular formula is C9H16O2. The number of rotatable bonds is 3. The first kappa shape index (κ1) is 10.1. The summed E-state index contributed by atoms with van der Waals surface area (Å²) in [6, 6.07) is 0. The Hall–Kier alpha value is -0.920. The summed E-state index contributed by atoms with van der Waals surface area (Å²) in [6.45, 7) is 9.16. The SMILES string of the molecule is C=CC/C=C(/O)OC(C)(C)C. The lowest BCUT2D eigenvalue weighted by atomic mass is 10.2. The molecular weight excluding hydrogens is 140 g/mol. The van der Waals surface area contributed by atoms with Gasteiger partial charge >= 0.3 is 0 Å². The zero-order valence-corrected chi connectivity index (χ0v) is 7.42. The van der Waals surface area contributed by atoms with Crippen LogP contribution in [0.2, 0.25) is 0 Å². The van der Waals surface area contributed by atoms with Crippen molar-refractivity contribution in [2.45, 2.75) is 32.8 Å². The van der Waals surface area contributed by atoms with E-state index in [1.807, 2.05) is 20.8 Å². The fraction of sp³-hybridized carbons (Fsp3) is 0.556. The van der Waals surface area contributed by atoms with Crippen LogP contribution >= 0.6 is 0 Å². The van der Waals surface area contributed by atoms with Crippen LogP contribution in [-0.4, -0.2) is 10.7 Å². The molecule has 1 N–H and O–H groups in total. The van der Waals surface area contributed by atoms with Crippen LogP contribution in [0.4, 0.5) is 0 Å². The van der Waals surface area contributed by atoms with Crippen LogP contribution in [0.5, 0.6) is 0 Å². The number of aliphatic hydroxyl groups excluding tert-OH is 1. The van der Waals surface area contributed by atoms with Crippen LogP contribution in [0.25, 0.3) is 0 Å². The topological polar surface area (TPSA) is 29.5 Å². The third kappa shape index (κ3) is 6.97. The van der Waals surface area contributed by atoms with Gasteiger partial charge in [-0.05, 0) is 33.3 Å². The van der Waals surface area contributed by atoms with E-state index in [1.165, 1.54) is 0 Å². The highest BCUT2D eigenvalue weighted by atomic mass is 16.6. The summed E-state index contributed by atoms with van der Waals surface area (Å²) in [7, 11) is 0. The molecule has 0 saturated heterocycles. The zero-order chi connectivity index (χ0) is 8.91. The van der Waals surface area contributed by atoms with Crippen LogP contribution in [0, 0.1) is 0 Å². The van der Waals surface area contributed by atoms with E-state index in [4.69, 9.17) is 9.84 Å². The van der Waals surface area contributed by atoms with Gasteiger partial charge < -0.3 is 9.84 Å². The first-order chi connectivity index (χ1) is 4.95. The zero-order valence-electron chi connectivity index (χ0n) is 7.42. The molecule has 0 aliphatic heterocycles. The molecule has 2 heteroatoms. The Kier molecular flexibility index (Phi) is 3.72. The molecule has 0 heterocycles. The standard InChI is InChI=1S/C9H16O2/c1-5-6-7-8(10)11-9(2,3)4/h5,7,10H,1,6H2,2-4H3/b8-7-. The highest BCUT2D eigenvalue weighted by molar-refractivity contribution is 4.89. The number of aliphatic hydroxyl groups is 1. The van der Waals surface area contributed by atoms with Gasteiger partial charge in [0.05, 0.1) is 0 Å².